The van der Waals surface area contributed by atoms with Crippen molar-refractivity contribution in [3.8, 4) is 0 Å². The molecule has 1 amide bonds. The van der Waals surface area contributed by atoms with Crippen LogP contribution in [0, 0.1) is 0 Å². The van der Waals surface area contributed by atoms with E-state index in [9.17, 15) is 4.79 Å². The predicted molar refractivity (Wildman–Crippen MR) is 98.3 cm³/mol. The third-order valence-electron chi connectivity index (χ3n) is 4.55. The lowest BCUT2D eigenvalue weighted by molar-refractivity contribution is 0.0240. The lowest BCUT2D eigenvalue weighted by atomic mass is 10.1. The number of amides is 1. The molecule has 3 rings (SSSR count). The summed E-state index contributed by atoms with van der Waals surface area (Å²) in [6.07, 6.45) is 1.68. The molecule has 6 heteroatoms. The van der Waals surface area contributed by atoms with Crippen LogP contribution in [0.4, 0.5) is 10.5 Å². The summed E-state index contributed by atoms with van der Waals surface area (Å²) in [6, 6.07) is 6.35. The van der Waals surface area contributed by atoms with E-state index in [0.29, 0.717) is 13.1 Å². The van der Waals surface area contributed by atoms with E-state index in [1.165, 1.54) is 16.8 Å². The average molecular weight is 345 g/mol. The molecule has 0 N–H and O–H groups in total. The van der Waals surface area contributed by atoms with Gasteiger partial charge in [0.25, 0.3) is 0 Å². The van der Waals surface area contributed by atoms with Gasteiger partial charge in [-0.15, -0.1) is 0 Å². The first-order valence-corrected chi connectivity index (χ1v) is 8.84. The smallest absolute Gasteiger partial charge is 0.410 e. The highest BCUT2D eigenvalue weighted by atomic mass is 16.6. The molecular formula is C19H27N3O3. The number of rotatable bonds is 2. The lowest BCUT2D eigenvalue weighted by Crippen LogP contribution is -2.50. The molecule has 1 saturated heterocycles. The predicted octanol–water partition coefficient (Wildman–Crippen LogP) is 3.04. The number of hydrogen-bond acceptors (Lipinski definition) is 5. The fourth-order valence-corrected chi connectivity index (χ4v) is 3.44. The standard InChI is InChI=1S/C19H27N3O3/c1-19(2,3)25-18(23)22-12-10-21(11-13-22)17-7-5-6-14-15(17)8-9-16(14)20-24-4/h5-7H,8-13H2,1-4H3/b20-16-. The van der Waals surface area contributed by atoms with Crippen LogP contribution in [0.15, 0.2) is 23.4 Å². The molecule has 1 aromatic rings. The van der Waals surface area contributed by atoms with Crippen molar-refractivity contribution in [2.75, 3.05) is 38.2 Å². The topological polar surface area (TPSA) is 54.4 Å². The van der Waals surface area contributed by atoms with Crippen molar-refractivity contribution in [1.29, 1.82) is 0 Å². The number of oxime groups is 1. The summed E-state index contributed by atoms with van der Waals surface area (Å²) in [7, 11) is 1.59. The fraction of sp³-hybridized carbons (Fsp3) is 0.579. The first kappa shape index (κ1) is 17.6. The van der Waals surface area contributed by atoms with Crippen LogP contribution in [-0.2, 0) is 16.0 Å². The van der Waals surface area contributed by atoms with Gasteiger partial charge >= 0.3 is 6.09 Å². The molecule has 6 nitrogen and oxygen atoms in total. The molecule has 0 atom stereocenters. The van der Waals surface area contributed by atoms with Crippen LogP contribution < -0.4 is 4.90 Å². The van der Waals surface area contributed by atoms with Gasteiger partial charge in [-0.05, 0) is 45.2 Å². The van der Waals surface area contributed by atoms with Gasteiger partial charge in [0.2, 0.25) is 0 Å². The van der Waals surface area contributed by atoms with Crippen molar-refractivity contribution in [3.63, 3.8) is 0 Å². The monoisotopic (exact) mass is 345 g/mol. The summed E-state index contributed by atoms with van der Waals surface area (Å²) in [5, 5.41) is 4.15. The molecule has 0 bridgehead atoms. The maximum absolute atomic E-state index is 12.2. The summed E-state index contributed by atoms with van der Waals surface area (Å²) in [5.74, 6) is 0. The van der Waals surface area contributed by atoms with Gasteiger partial charge < -0.3 is 19.4 Å². The Hall–Kier alpha value is -2.24. The van der Waals surface area contributed by atoms with E-state index in [2.05, 4.69) is 28.3 Å². The van der Waals surface area contributed by atoms with Crippen LogP contribution in [0.2, 0.25) is 0 Å². The SMILES string of the molecule is CO/N=C1/CCc2c1cccc2N1CCN(C(=O)OC(C)(C)C)CC1. The molecular weight excluding hydrogens is 318 g/mol. The number of fused-ring (bicyclic) bond motifs is 1. The van der Waals surface area contributed by atoms with E-state index in [0.717, 1.165) is 31.6 Å². The van der Waals surface area contributed by atoms with Crippen molar-refractivity contribution in [2.24, 2.45) is 5.16 Å². The van der Waals surface area contributed by atoms with Crippen molar-refractivity contribution < 1.29 is 14.4 Å². The minimum absolute atomic E-state index is 0.222. The van der Waals surface area contributed by atoms with Crippen LogP contribution in [0.5, 0.6) is 0 Å². The van der Waals surface area contributed by atoms with Gasteiger partial charge in [-0.2, -0.15) is 0 Å². The van der Waals surface area contributed by atoms with Gasteiger partial charge in [-0.1, -0.05) is 17.3 Å². The highest BCUT2D eigenvalue weighted by molar-refractivity contribution is 6.05. The number of piperazine rings is 1. The minimum Gasteiger partial charge on any atom is -0.444 e. The zero-order valence-electron chi connectivity index (χ0n) is 15.5. The van der Waals surface area contributed by atoms with Crippen LogP contribution in [0.1, 0.15) is 38.3 Å². The van der Waals surface area contributed by atoms with E-state index >= 15 is 0 Å². The van der Waals surface area contributed by atoms with Crippen LogP contribution in [-0.4, -0.2) is 55.6 Å². The van der Waals surface area contributed by atoms with E-state index in [4.69, 9.17) is 9.57 Å². The van der Waals surface area contributed by atoms with Gasteiger partial charge in [-0.25, -0.2) is 4.79 Å². The first-order chi connectivity index (χ1) is 11.9. The Morgan fingerprint density at radius 1 is 1.12 bits per heavy atom. The third kappa shape index (κ3) is 3.89. The van der Waals surface area contributed by atoms with Crippen molar-refractivity contribution >= 4 is 17.5 Å². The molecule has 2 aliphatic rings. The maximum atomic E-state index is 12.2. The number of carbonyl (C=O) groups is 1. The van der Waals surface area contributed by atoms with Crippen molar-refractivity contribution in [2.45, 2.75) is 39.2 Å². The largest absolute Gasteiger partial charge is 0.444 e. The normalized spacial score (nSPS) is 19.1. The molecule has 1 aliphatic heterocycles. The summed E-state index contributed by atoms with van der Waals surface area (Å²) >= 11 is 0. The third-order valence-corrected chi connectivity index (χ3v) is 4.55. The van der Waals surface area contributed by atoms with Crippen molar-refractivity contribution in [1.82, 2.24) is 4.90 Å². The van der Waals surface area contributed by atoms with Gasteiger partial charge in [0, 0.05) is 37.4 Å². The highest BCUT2D eigenvalue weighted by Gasteiger charge is 2.28. The Kier molecular flexibility index (Phi) is 4.88. The molecule has 1 aromatic carbocycles. The van der Waals surface area contributed by atoms with Crippen LogP contribution >= 0.6 is 0 Å². The number of benzene rings is 1. The second-order valence-corrected chi connectivity index (χ2v) is 7.48. The van der Waals surface area contributed by atoms with Gasteiger partial charge in [-0.3, -0.25) is 0 Å². The molecule has 136 valence electrons. The van der Waals surface area contributed by atoms with E-state index < -0.39 is 5.60 Å². The van der Waals surface area contributed by atoms with E-state index in [1.807, 2.05) is 20.8 Å². The Morgan fingerprint density at radius 3 is 2.48 bits per heavy atom. The Balaban J connectivity index is 1.69. The molecule has 1 heterocycles. The minimum atomic E-state index is -0.453. The fourth-order valence-electron chi connectivity index (χ4n) is 3.44. The number of carbonyl (C=O) groups excluding carboxylic acids is 1. The molecule has 0 saturated carbocycles. The number of anilines is 1. The van der Waals surface area contributed by atoms with Gasteiger partial charge in [0.15, 0.2) is 0 Å². The molecule has 25 heavy (non-hydrogen) atoms. The van der Waals surface area contributed by atoms with Gasteiger partial charge in [0.1, 0.15) is 12.7 Å². The highest BCUT2D eigenvalue weighted by Crippen LogP contribution is 2.32. The van der Waals surface area contributed by atoms with Crippen LogP contribution in [0.3, 0.4) is 0 Å². The second kappa shape index (κ2) is 6.94. The molecule has 0 unspecified atom stereocenters. The summed E-state index contributed by atoms with van der Waals surface area (Å²) in [4.78, 5) is 21.3. The van der Waals surface area contributed by atoms with E-state index in [-0.39, 0.29) is 6.09 Å². The molecule has 0 radical (unpaired) electrons. The molecule has 1 aliphatic carbocycles. The van der Waals surface area contributed by atoms with Gasteiger partial charge in [0.05, 0.1) is 5.71 Å². The average Bonchev–Trinajstić information content (AvgIpc) is 2.97. The number of hydrogen-bond donors (Lipinski definition) is 0. The second-order valence-electron chi connectivity index (χ2n) is 7.48. The van der Waals surface area contributed by atoms with Crippen LogP contribution in [0.25, 0.3) is 0 Å². The molecule has 1 fully saturated rings. The van der Waals surface area contributed by atoms with E-state index in [1.54, 1.807) is 12.0 Å². The first-order valence-electron chi connectivity index (χ1n) is 8.84. The number of nitrogens with zero attached hydrogens (tertiary/aromatic N) is 3. The summed E-state index contributed by atoms with van der Waals surface area (Å²) < 4.78 is 5.47. The molecule has 0 aromatic heterocycles. The number of ether oxygens (including phenoxy) is 1. The molecule has 0 spiro atoms. The Bertz CT molecular complexity index is 671. The Morgan fingerprint density at radius 2 is 1.84 bits per heavy atom. The quantitative estimate of drug-likeness (QED) is 0.773. The summed E-state index contributed by atoms with van der Waals surface area (Å²) in [5.41, 5.74) is 4.35. The zero-order valence-corrected chi connectivity index (χ0v) is 15.5. The lowest BCUT2D eigenvalue weighted by Gasteiger charge is -2.37. The summed E-state index contributed by atoms with van der Waals surface area (Å²) in [6.45, 7) is 8.67. The zero-order chi connectivity index (χ0) is 18.0. The van der Waals surface area contributed by atoms with Crippen molar-refractivity contribution in [3.05, 3.63) is 29.3 Å². The Labute approximate surface area is 149 Å². The maximum Gasteiger partial charge on any atom is 0.410 e.